The van der Waals surface area contributed by atoms with E-state index in [2.05, 4.69) is 4.74 Å². The molecule has 0 aromatic carbocycles. The lowest BCUT2D eigenvalue weighted by Gasteiger charge is -2.23. The van der Waals surface area contributed by atoms with Crippen LogP contribution in [-0.4, -0.2) is 37.1 Å². The minimum Gasteiger partial charge on any atom is -0.292 e. The predicted octanol–water partition coefficient (Wildman–Crippen LogP) is 2.03. The van der Waals surface area contributed by atoms with E-state index in [1.54, 1.807) is 0 Å². The summed E-state index contributed by atoms with van der Waals surface area (Å²) in [5.41, 5.74) is 0. The van der Waals surface area contributed by atoms with Crippen molar-refractivity contribution in [2.75, 3.05) is 6.61 Å². The molecular formula is C5H5F7O4S. The monoisotopic (exact) mass is 294 g/mol. The third-order valence-corrected chi connectivity index (χ3v) is 2.38. The molecule has 0 bridgehead atoms. The predicted molar refractivity (Wildman–Crippen MR) is 38.1 cm³/mol. The molecule has 0 radical (unpaired) electrons. The van der Waals surface area contributed by atoms with Crippen LogP contribution in [0.15, 0.2) is 0 Å². The molecule has 0 aromatic heterocycles. The van der Waals surface area contributed by atoms with Gasteiger partial charge in [0.15, 0.2) is 0 Å². The average Bonchev–Trinajstić information content (AvgIpc) is 1.98. The molecule has 0 rings (SSSR count). The molecule has 0 heterocycles. The number of alkyl halides is 7. The standard InChI is InChI=1S/C5H5F7O4S/c6-3(7,1-2-16-5(10,11)12)4(8,9)17(13,14)15/h1-2H2,(H,13,14,15). The highest BCUT2D eigenvalue weighted by atomic mass is 32.2. The first-order valence-corrected chi connectivity index (χ1v) is 5.08. The van der Waals surface area contributed by atoms with Crippen LogP contribution in [0.5, 0.6) is 0 Å². The van der Waals surface area contributed by atoms with Crippen molar-refractivity contribution in [2.24, 2.45) is 0 Å². The van der Waals surface area contributed by atoms with Crippen LogP contribution >= 0.6 is 0 Å². The Bertz CT molecular complexity index is 359. The molecule has 0 spiro atoms. The molecule has 0 aliphatic rings. The summed E-state index contributed by atoms with van der Waals surface area (Å²) < 4.78 is 114. The van der Waals surface area contributed by atoms with Gasteiger partial charge in [0, 0.05) is 6.42 Å². The van der Waals surface area contributed by atoms with E-state index in [1.165, 1.54) is 0 Å². The molecular weight excluding hydrogens is 289 g/mol. The summed E-state index contributed by atoms with van der Waals surface area (Å²) in [5, 5.41) is -5.89. The van der Waals surface area contributed by atoms with Gasteiger partial charge in [0.1, 0.15) is 0 Å². The van der Waals surface area contributed by atoms with E-state index in [9.17, 15) is 39.2 Å². The van der Waals surface area contributed by atoms with Crippen LogP contribution in [0.4, 0.5) is 30.7 Å². The number of halogens is 7. The summed E-state index contributed by atoms with van der Waals surface area (Å²) in [6.07, 6.45) is -7.55. The zero-order chi connectivity index (χ0) is 14.1. The number of hydrogen-bond acceptors (Lipinski definition) is 3. The Labute approximate surface area is 90.1 Å². The minimum absolute atomic E-state index is 1.89. The van der Waals surface area contributed by atoms with Gasteiger partial charge in [-0.2, -0.15) is 26.0 Å². The first-order chi connectivity index (χ1) is 7.21. The molecule has 0 saturated heterocycles. The van der Waals surface area contributed by atoms with Gasteiger partial charge in [-0.1, -0.05) is 0 Å². The van der Waals surface area contributed by atoms with Crippen molar-refractivity contribution in [3.8, 4) is 0 Å². The van der Waals surface area contributed by atoms with Crippen LogP contribution in [0.1, 0.15) is 6.42 Å². The van der Waals surface area contributed by atoms with Crippen LogP contribution in [-0.2, 0) is 14.9 Å². The summed E-state index contributed by atoms with van der Waals surface area (Å²) in [6, 6.07) is 0. The Balaban J connectivity index is 4.70. The topological polar surface area (TPSA) is 63.6 Å². The minimum atomic E-state index is -6.45. The van der Waals surface area contributed by atoms with Crippen molar-refractivity contribution in [2.45, 2.75) is 24.0 Å². The molecule has 0 saturated carbocycles. The van der Waals surface area contributed by atoms with Gasteiger partial charge in [0.05, 0.1) is 6.61 Å². The van der Waals surface area contributed by atoms with Gasteiger partial charge in [-0.05, 0) is 0 Å². The maximum atomic E-state index is 12.5. The molecule has 0 amide bonds. The summed E-state index contributed by atoms with van der Waals surface area (Å²) in [6.45, 7) is -1.89. The fourth-order valence-corrected chi connectivity index (χ4v) is 1.11. The van der Waals surface area contributed by atoms with Gasteiger partial charge >= 0.3 is 27.7 Å². The lowest BCUT2D eigenvalue weighted by Crippen LogP contribution is -2.47. The van der Waals surface area contributed by atoms with E-state index in [0.29, 0.717) is 0 Å². The zero-order valence-electron chi connectivity index (χ0n) is 7.64. The summed E-state index contributed by atoms with van der Waals surface area (Å²) >= 11 is 0. The van der Waals surface area contributed by atoms with Crippen molar-refractivity contribution in [3.63, 3.8) is 0 Å². The summed E-state index contributed by atoms with van der Waals surface area (Å²) in [4.78, 5) is 0. The van der Waals surface area contributed by atoms with Gasteiger partial charge in [-0.15, -0.1) is 13.2 Å². The van der Waals surface area contributed by atoms with Crippen LogP contribution < -0.4 is 0 Å². The highest BCUT2D eigenvalue weighted by molar-refractivity contribution is 7.87. The van der Waals surface area contributed by atoms with E-state index in [0.717, 1.165) is 0 Å². The molecule has 0 aliphatic carbocycles. The highest BCUT2D eigenvalue weighted by Gasteiger charge is 2.65. The normalized spacial score (nSPS) is 15.1. The largest absolute Gasteiger partial charge is 0.522 e. The molecule has 104 valence electrons. The average molecular weight is 294 g/mol. The number of ether oxygens (including phenoxy) is 1. The second-order valence-electron chi connectivity index (χ2n) is 2.74. The third kappa shape index (κ3) is 4.27. The summed E-state index contributed by atoms with van der Waals surface area (Å²) in [7, 11) is -6.45. The zero-order valence-corrected chi connectivity index (χ0v) is 8.46. The molecule has 0 aliphatic heterocycles. The fourth-order valence-electron chi connectivity index (χ4n) is 0.629. The van der Waals surface area contributed by atoms with Gasteiger partial charge in [0.25, 0.3) is 0 Å². The Morgan fingerprint density at radius 1 is 1.00 bits per heavy atom. The molecule has 0 atom stereocenters. The third-order valence-electron chi connectivity index (χ3n) is 1.43. The Hall–Kier alpha value is -0.620. The second-order valence-corrected chi connectivity index (χ2v) is 4.20. The van der Waals surface area contributed by atoms with Crippen LogP contribution in [0.3, 0.4) is 0 Å². The molecule has 4 nitrogen and oxygen atoms in total. The Morgan fingerprint density at radius 3 is 1.71 bits per heavy atom. The van der Waals surface area contributed by atoms with Crippen LogP contribution in [0.2, 0.25) is 0 Å². The van der Waals surface area contributed by atoms with E-state index in [4.69, 9.17) is 4.55 Å². The fraction of sp³-hybridized carbons (Fsp3) is 1.00. The van der Waals surface area contributed by atoms with Gasteiger partial charge in [-0.25, -0.2) is 0 Å². The molecule has 0 unspecified atom stereocenters. The van der Waals surface area contributed by atoms with Crippen LogP contribution in [0.25, 0.3) is 0 Å². The summed E-state index contributed by atoms with van der Waals surface area (Å²) in [5.74, 6) is -5.40. The lowest BCUT2D eigenvalue weighted by atomic mass is 10.2. The van der Waals surface area contributed by atoms with Gasteiger partial charge in [0.2, 0.25) is 0 Å². The van der Waals surface area contributed by atoms with E-state index in [1.807, 2.05) is 0 Å². The van der Waals surface area contributed by atoms with Crippen LogP contribution in [0, 0.1) is 0 Å². The second kappa shape index (κ2) is 4.57. The molecule has 0 fully saturated rings. The molecule has 1 N–H and O–H groups in total. The van der Waals surface area contributed by atoms with Crippen molar-refractivity contribution >= 4 is 10.1 Å². The SMILES string of the molecule is O=S(=O)(O)C(F)(F)C(F)(F)CCOC(F)(F)F. The van der Waals surface area contributed by atoms with Gasteiger partial charge in [-0.3, -0.25) is 9.29 Å². The molecule has 12 heteroatoms. The highest BCUT2D eigenvalue weighted by Crippen LogP contribution is 2.40. The first-order valence-electron chi connectivity index (χ1n) is 3.64. The smallest absolute Gasteiger partial charge is 0.292 e. The van der Waals surface area contributed by atoms with Crippen molar-refractivity contribution in [1.82, 2.24) is 0 Å². The first kappa shape index (κ1) is 16.4. The van der Waals surface area contributed by atoms with Crippen molar-refractivity contribution < 1.29 is 48.4 Å². The number of rotatable bonds is 5. The van der Waals surface area contributed by atoms with Gasteiger partial charge < -0.3 is 0 Å². The molecule has 0 aromatic rings. The van der Waals surface area contributed by atoms with Crippen molar-refractivity contribution in [1.29, 1.82) is 0 Å². The van der Waals surface area contributed by atoms with E-state index in [-0.39, 0.29) is 0 Å². The lowest BCUT2D eigenvalue weighted by molar-refractivity contribution is -0.329. The quantitative estimate of drug-likeness (QED) is 0.622. The number of hydrogen-bond donors (Lipinski definition) is 1. The van der Waals surface area contributed by atoms with Crippen molar-refractivity contribution in [3.05, 3.63) is 0 Å². The maximum Gasteiger partial charge on any atom is 0.522 e. The molecule has 17 heavy (non-hydrogen) atoms. The van der Waals surface area contributed by atoms with E-state index < -0.39 is 40.7 Å². The Morgan fingerprint density at radius 2 is 1.41 bits per heavy atom. The Kier molecular flexibility index (Phi) is 4.40. The van der Waals surface area contributed by atoms with E-state index >= 15 is 0 Å². The maximum absolute atomic E-state index is 12.5.